The van der Waals surface area contributed by atoms with E-state index in [4.69, 9.17) is 4.74 Å². The number of pyridine rings is 1. The van der Waals surface area contributed by atoms with Crippen LogP contribution in [0, 0.1) is 13.0 Å². The third-order valence-electron chi connectivity index (χ3n) is 2.91. The number of rotatable bonds is 3. The molecule has 1 heterocycles. The van der Waals surface area contributed by atoms with Crippen LogP contribution in [-0.2, 0) is 39.8 Å². The number of benzene rings is 1. The molecule has 0 saturated carbocycles. The zero-order chi connectivity index (χ0) is 14.0. The molecular formula is C15H15BrNO2Y-. The molecule has 2 aromatic rings. The van der Waals surface area contributed by atoms with Crippen molar-refractivity contribution in [3.8, 4) is 17.0 Å². The summed E-state index contributed by atoms with van der Waals surface area (Å²) in [6, 6.07) is 10.6. The van der Waals surface area contributed by atoms with Crippen LogP contribution >= 0.6 is 15.9 Å². The van der Waals surface area contributed by atoms with Crippen LogP contribution in [0.2, 0.25) is 0 Å². The summed E-state index contributed by atoms with van der Waals surface area (Å²) in [5.74, 6) is 0.801. The van der Waals surface area contributed by atoms with Crippen molar-refractivity contribution in [3.63, 3.8) is 0 Å². The van der Waals surface area contributed by atoms with Gasteiger partial charge in [-0.05, 0) is 23.5 Å². The number of nitrogens with zero attached hydrogens (tertiary/aromatic N) is 1. The van der Waals surface area contributed by atoms with Crippen LogP contribution in [-0.4, -0.2) is 11.2 Å². The van der Waals surface area contributed by atoms with E-state index >= 15 is 0 Å². The van der Waals surface area contributed by atoms with E-state index in [-0.39, 0.29) is 38.3 Å². The van der Waals surface area contributed by atoms with Crippen LogP contribution in [0.25, 0.3) is 11.3 Å². The van der Waals surface area contributed by atoms with Crippen LogP contribution in [0.5, 0.6) is 5.75 Å². The first-order valence-corrected chi connectivity index (χ1v) is 6.85. The van der Waals surface area contributed by atoms with E-state index in [2.05, 4.69) is 22.0 Å². The molecule has 0 bridgehead atoms. The van der Waals surface area contributed by atoms with Gasteiger partial charge in [0.15, 0.2) is 5.56 Å². The third-order valence-corrected chi connectivity index (χ3v) is 3.57. The molecule has 0 aliphatic rings. The van der Waals surface area contributed by atoms with Gasteiger partial charge < -0.3 is 9.30 Å². The maximum Gasteiger partial charge on any atom is 0.197 e. The van der Waals surface area contributed by atoms with E-state index in [1.807, 2.05) is 25.1 Å². The Morgan fingerprint density at radius 3 is 2.70 bits per heavy atom. The second-order valence-corrected chi connectivity index (χ2v) is 5.11. The number of hydrogen-bond donors (Lipinski definition) is 0. The van der Waals surface area contributed by atoms with Gasteiger partial charge in [-0.3, -0.25) is 4.79 Å². The Hall–Kier alpha value is -0.446. The van der Waals surface area contributed by atoms with Crippen molar-refractivity contribution in [2.75, 3.05) is 6.61 Å². The first-order chi connectivity index (χ1) is 9.04. The zero-order valence-corrected chi connectivity index (χ0v) is 16.2. The largest absolute Gasteiger partial charge is 0.494 e. The molecule has 2 rings (SSSR count). The van der Waals surface area contributed by atoms with Crippen LogP contribution in [0.1, 0.15) is 12.5 Å². The number of aromatic nitrogens is 1. The molecule has 1 aromatic heterocycles. The number of aryl methyl sites for hydroxylation is 1. The summed E-state index contributed by atoms with van der Waals surface area (Å²) >= 11 is 3.52. The van der Waals surface area contributed by atoms with Crippen molar-refractivity contribution in [1.82, 2.24) is 4.57 Å². The zero-order valence-electron chi connectivity index (χ0n) is 11.7. The summed E-state index contributed by atoms with van der Waals surface area (Å²) in [5, 5.41) is 0. The molecule has 5 heteroatoms. The van der Waals surface area contributed by atoms with Gasteiger partial charge in [0.25, 0.3) is 0 Å². The average molecular weight is 410 g/mol. The molecule has 3 nitrogen and oxygen atoms in total. The Balaban J connectivity index is 0.00000200. The minimum atomic E-state index is -0.00506. The SMILES string of the molecule is CCOc1ccc(-c2[c-]cc(C)c(=O)n2C)c(Br)c1.[Y]. The predicted octanol–water partition coefficient (Wildman–Crippen LogP) is 3.32. The average Bonchev–Trinajstić information content (AvgIpc) is 2.38. The third kappa shape index (κ3) is 3.60. The van der Waals surface area contributed by atoms with Crippen molar-refractivity contribution >= 4 is 15.9 Å². The van der Waals surface area contributed by atoms with Crippen molar-refractivity contribution in [1.29, 1.82) is 0 Å². The molecule has 1 aromatic carbocycles. The molecule has 0 saturated heterocycles. The summed E-state index contributed by atoms with van der Waals surface area (Å²) in [5.41, 5.74) is 2.36. The predicted molar refractivity (Wildman–Crippen MR) is 79.6 cm³/mol. The van der Waals surface area contributed by atoms with Crippen molar-refractivity contribution < 1.29 is 37.4 Å². The van der Waals surface area contributed by atoms with Gasteiger partial charge in [-0.25, -0.2) is 0 Å². The smallest absolute Gasteiger partial charge is 0.197 e. The van der Waals surface area contributed by atoms with Crippen LogP contribution in [0.4, 0.5) is 0 Å². The topological polar surface area (TPSA) is 31.2 Å². The Bertz CT molecular complexity index is 667. The molecule has 20 heavy (non-hydrogen) atoms. The Labute approximate surface area is 152 Å². The van der Waals surface area contributed by atoms with E-state index in [9.17, 15) is 4.79 Å². The second kappa shape index (κ2) is 7.53. The van der Waals surface area contributed by atoms with E-state index in [1.165, 1.54) is 0 Å². The molecule has 0 fully saturated rings. The van der Waals surface area contributed by atoms with E-state index < -0.39 is 0 Å². The fourth-order valence-corrected chi connectivity index (χ4v) is 2.45. The van der Waals surface area contributed by atoms with Gasteiger partial charge in [0, 0.05) is 39.8 Å². The van der Waals surface area contributed by atoms with Gasteiger partial charge in [-0.15, -0.1) is 6.07 Å². The number of hydrogen-bond acceptors (Lipinski definition) is 2. The molecule has 103 valence electrons. The monoisotopic (exact) mass is 409 g/mol. The van der Waals surface area contributed by atoms with Gasteiger partial charge in [0.2, 0.25) is 0 Å². The summed E-state index contributed by atoms with van der Waals surface area (Å²) in [4.78, 5) is 11.9. The normalized spacial score (nSPS) is 10.0. The summed E-state index contributed by atoms with van der Waals surface area (Å²) < 4.78 is 7.93. The maximum atomic E-state index is 11.9. The van der Waals surface area contributed by atoms with Crippen LogP contribution < -0.4 is 10.3 Å². The molecule has 0 N–H and O–H groups in total. The first-order valence-electron chi connectivity index (χ1n) is 6.05. The summed E-state index contributed by atoms with van der Waals surface area (Å²) in [6.07, 6.45) is 0. The fraction of sp³-hybridized carbons (Fsp3) is 0.267. The molecule has 0 unspecified atom stereocenters. The Morgan fingerprint density at radius 2 is 2.10 bits per heavy atom. The molecule has 0 aliphatic heterocycles. The minimum absolute atomic E-state index is 0. The van der Waals surface area contributed by atoms with E-state index in [0.29, 0.717) is 12.2 Å². The Kier molecular flexibility index (Phi) is 6.63. The second-order valence-electron chi connectivity index (χ2n) is 4.26. The summed E-state index contributed by atoms with van der Waals surface area (Å²) in [7, 11) is 1.75. The van der Waals surface area contributed by atoms with Crippen molar-refractivity contribution in [3.05, 3.63) is 50.7 Å². The van der Waals surface area contributed by atoms with Gasteiger partial charge >= 0.3 is 0 Å². The molecule has 1 radical (unpaired) electrons. The van der Waals surface area contributed by atoms with Crippen molar-refractivity contribution in [2.45, 2.75) is 13.8 Å². The summed E-state index contributed by atoms with van der Waals surface area (Å²) in [6.45, 7) is 4.36. The van der Waals surface area contributed by atoms with Gasteiger partial charge in [-0.1, -0.05) is 39.7 Å². The number of ether oxygens (including phenoxy) is 1. The van der Waals surface area contributed by atoms with Crippen LogP contribution in [0.15, 0.2) is 33.5 Å². The number of halogens is 1. The quantitative estimate of drug-likeness (QED) is 0.728. The molecule has 0 amide bonds. The molecular weight excluding hydrogens is 395 g/mol. The standard InChI is InChI=1S/C15H15BrNO2.Y/c1-4-19-11-6-7-12(13(16)9-11)14-8-5-10(2)15(18)17(14)3;/h5-7,9H,4H2,1-3H3;/q-1;. The molecule has 0 atom stereocenters. The fourth-order valence-electron chi connectivity index (χ4n) is 1.90. The maximum absolute atomic E-state index is 11.9. The first kappa shape index (κ1) is 17.6. The Morgan fingerprint density at radius 1 is 1.40 bits per heavy atom. The molecule has 0 aliphatic carbocycles. The molecule has 0 spiro atoms. The van der Waals surface area contributed by atoms with Gasteiger partial charge in [-0.2, -0.15) is 12.1 Å². The minimum Gasteiger partial charge on any atom is -0.494 e. The van der Waals surface area contributed by atoms with Gasteiger partial charge in [0.05, 0.1) is 6.61 Å². The van der Waals surface area contributed by atoms with Gasteiger partial charge in [0.1, 0.15) is 5.75 Å². The van der Waals surface area contributed by atoms with E-state index in [0.717, 1.165) is 21.5 Å². The van der Waals surface area contributed by atoms with Crippen LogP contribution in [0.3, 0.4) is 0 Å². The van der Waals surface area contributed by atoms with Crippen molar-refractivity contribution in [2.24, 2.45) is 7.05 Å². The van der Waals surface area contributed by atoms with E-state index in [1.54, 1.807) is 24.6 Å².